The van der Waals surface area contributed by atoms with Crippen LogP contribution in [0.15, 0.2) is 42.5 Å². The fourth-order valence-electron chi connectivity index (χ4n) is 2.14. The molecule has 0 amide bonds. The van der Waals surface area contributed by atoms with Gasteiger partial charge in [-0.05, 0) is 49.2 Å². The number of hydrogen-bond donors (Lipinski definition) is 1. The van der Waals surface area contributed by atoms with E-state index in [1.807, 2.05) is 0 Å². The van der Waals surface area contributed by atoms with Crippen molar-refractivity contribution in [3.8, 4) is 11.5 Å². The summed E-state index contributed by atoms with van der Waals surface area (Å²) in [6.07, 6.45) is 0.126. The third kappa shape index (κ3) is 5.17. The minimum absolute atomic E-state index is 0.0841. The molecule has 2 N–H and O–H groups in total. The highest BCUT2D eigenvalue weighted by Crippen LogP contribution is 2.32. The summed E-state index contributed by atoms with van der Waals surface area (Å²) in [5, 5.41) is 11.9. The van der Waals surface area contributed by atoms with Crippen molar-refractivity contribution in [2.24, 2.45) is 5.73 Å². The molecule has 2 aromatic rings. The van der Waals surface area contributed by atoms with Crippen molar-refractivity contribution < 1.29 is 19.2 Å². The molecule has 2 rings (SSSR count). The molecule has 132 valence electrons. The van der Waals surface area contributed by atoms with Crippen molar-refractivity contribution in [2.75, 3.05) is 6.61 Å². The SMILES string of the molecule is CCOC(=O)C(N)Cc1ccc(Oc2ccc(Cl)cc2)c([N+](=O)[O-])c1. The molecule has 0 radical (unpaired) electrons. The molecule has 25 heavy (non-hydrogen) atoms. The van der Waals surface area contributed by atoms with Crippen LogP contribution in [0.4, 0.5) is 5.69 Å². The second kappa shape index (κ2) is 8.46. The van der Waals surface area contributed by atoms with E-state index in [0.29, 0.717) is 16.3 Å². The Morgan fingerprint density at radius 1 is 1.28 bits per heavy atom. The van der Waals surface area contributed by atoms with Crippen LogP contribution in [0.25, 0.3) is 0 Å². The first-order chi connectivity index (χ1) is 11.9. The number of carbonyl (C=O) groups is 1. The fourth-order valence-corrected chi connectivity index (χ4v) is 2.26. The maximum absolute atomic E-state index is 11.6. The van der Waals surface area contributed by atoms with Crippen LogP contribution in [-0.2, 0) is 16.0 Å². The molecule has 0 aliphatic carbocycles. The highest BCUT2D eigenvalue weighted by Gasteiger charge is 2.20. The van der Waals surface area contributed by atoms with Crippen molar-refractivity contribution >= 4 is 23.3 Å². The first-order valence-corrected chi connectivity index (χ1v) is 7.91. The van der Waals surface area contributed by atoms with Crippen LogP contribution in [0.3, 0.4) is 0 Å². The molecule has 0 aromatic heterocycles. The van der Waals surface area contributed by atoms with Gasteiger partial charge in [-0.25, -0.2) is 0 Å². The maximum atomic E-state index is 11.6. The van der Waals surface area contributed by atoms with Gasteiger partial charge in [-0.1, -0.05) is 17.7 Å². The van der Waals surface area contributed by atoms with Crippen molar-refractivity contribution in [1.82, 2.24) is 0 Å². The van der Waals surface area contributed by atoms with E-state index < -0.39 is 16.9 Å². The smallest absolute Gasteiger partial charge is 0.323 e. The molecule has 0 bridgehead atoms. The Labute approximate surface area is 149 Å². The van der Waals surface area contributed by atoms with Gasteiger partial charge in [0.05, 0.1) is 11.5 Å². The minimum Gasteiger partial charge on any atom is -0.465 e. The molecular formula is C17H17ClN2O5. The molecule has 0 fully saturated rings. The van der Waals surface area contributed by atoms with Gasteiger partial charge >= 0.3 is 11.7 Å². The number of rotatable bonds is 7. The van der Waals surface area contributed by atoms with Crippen LogP contribution < -0.4 is 10.5 Å². The quantitative estimate of drug-likeness (QED) is 0.458. The maximum Gasteiger partial charge on any atom is 0.323 e. The third-order valence-corrected chi connectivity index (χ3v) is 3.56. The second-order valence-corrected chi connectivity index (χ2v) is 5.61. The monoisotopic (exact) mass is 364 g/mol. The summed E-state index contributed by atoms with van der Waals surface area (Å²) in [7, 11) is 0. The molecule has 0 spiro atoms. The van der Waals surface area contributed by atoms with Crippen LogP contribution in [0.2, 0.25) is 5.02 Å². The fraction of sp³-hybridized carbons (Fsp3) is 0.235. The predicted octanol–water partition coefficient (Wildman–Crippen LogP) is 3.47. The molecule has 7 nitrogen and oxygen atoms in total. The van der Waals surface area contributed by atoms with E-state index in [0.717, 1.165) is 0 Å². The number of carbonyl (C=O) groups excluding carboxylic acids is 1. The Morgan fingerprint density at radius 3 is 2.56 bits per heavy atom. The Hall–Kier alpha value is -2.64. The largest absolute Gasteiger partial charge is 0.465 e. The van der Waals surface area contributed by atoms with E-state index in [4.69, 9.17) is 26.8 Å². The van der Waals surface area contributed by atoms with Crippen LogP contribution in [0.5, 0.6) is 11.5 Å². The lowest BCUT2D eigenvalue weighted by Crippen LogP contribution is -2.34. The van der Waals surface area contributed by atoms with Gasteiger partial charge in [0.15, 0.2) is 0 Å². The minimum atomic E-state index is -0.886. The molecule has 2 aromatic carbocycles. The van der Waals surface area contributed by atoms with Gasteiger partial charge in [-0.3, -0.25) is 14.9 Å². The van der Waals surface area contributed by atoms with E-state index in [9.17, 15) is 14.9 Å². The number of nitrogens with zero attached hydrogens (tertiary/aromatic N) is 1. The highest BCUT2D eigenvalue weighted by atomic mass is 35.5. The summed E-state index contributed by atoms with van der Waals surface area (Å²) in [5.41, 5.74) is 6.07. The van der Waals surface area contributed by atoms with Crippen LogP contribution in [-0.4, -0.2) is 23.5 Å². The molecule has 0 aliphatic rings. The standard InChI is InChI=1S/C17H17ClN2O5/c1-2-24-17(21)14(19)9-11-3-8-16(15(10-11)20(22)23)25-13-6-4-12(18)5-7-13/h3-8,10,14H,2,9,19H2,1H3. The summed E-state index contributed by atoms with van der Waals surface area (Å²) >= 11 is 5.80. The molecule has 1 atom stereocenters. The Kier molecular flexibility index (Phi) is 6.32. The van der Waals surface area contributed by atoms with Gasteiger partial charge in [-0.15, -0.1) is 0 Å². The summed E-state index contributed by atoms with van der Waals surface area (Å²) in [6.45, 7) is 1.90. The van der Waals surface area contributed by atoms with E-state index in [1.165, 1.54) is 12.1 Å². The summed E-state index contributed by atoms with van der Waals surface area (Å²) in [4.78, 5) is 22.4. The van der Waals surface area contributed by atoms with Gasteiger partial charge in [0, 0.05) is 11.1 Å². The van der Waals surface area contributed by atoms with Gasteiger partial charge in [0.25, 0.3) is 0 Å². The van der Waals surface area contributed by atoms with Crippen molar-refractivity contribution in [1.29, 1.82) is 0 Å². The zero-order valence-corrected chi connectivity index (χ0v) is 14.2. The lowest BCUT2D eigenvalue weighted by atomic mass is 10.1. The number of nitrogens with two attached hydrogens (primary N) is 1. The summed E-state index contributed by atoms with van der Waals surface area (Å²) < 4.78 is 10.4. The average Bonchev–Trinajstić information content (AvgIpc) is 2.58. The second-order valence-electron chi connectivity index (χ2n) is 5.18. The van der Waals surface area contributed by atoms with Gasteiger partial charge in [0.1, 0.15) is 11.8 Å². The Bertz CT molecular complexity index is 764. The Balaban J connectivity index is 2.21. The third-order valence-electron chi connectivity index (χ3n) is 3.31. The summed E-state index contributed by atoms with van der Waals surface area (Å²) in [5.74, 6) is -0.0455. The number of nitro groups is 1. The number of nitro benzene ring substituents is 1. The predicted molar refractivity (Wildman–Crippen MR) is 92.9 cm³/mol. The van der Waals surface area contributed by atoms with E-state index in [1.54, 1.807) is 37.3 Å². The van der Waals surface area contributed by atoms with Crippen LogP contribution in [0, 0.1) is 10.1 Å². The highest BCUT2D eigenvalue weighted by molar-refractivity contribution is 6.30. The van der Waals surface area contributed by atoms with Gasteiger partial charge in [-0.2, -0.15) is 0 Å². The normalized spacial score (nSPS) is 11.6. The van der Waals surface area contributed by atoms with E-state index in [-0.39, 0.29) is 24.5 Å². The van der Waals surface area contributed by atoms with E-state index >= 15 is 0 Å². The molecule has 0 saturated carbocycles. The Morgan fingerprint density at radius 2 is 1.96 bits per heavy atom. The lowest BCUT2D eigenvalue weighted by Gasteiger charge is -2.12. The molecule has 1 unspecified atom stereocenters. The van der Waals surface area contributed by atoms with Crippen molar-refractivity contribution in [2.45, 2.75) is 19.4 Å². The van der Waals surface area contributed by atoms with Crippen LogP contribution in [0.1, 0.15) is 12.5 Å². The molecule has 0 aliphatic heterocycles. The van der Waals surface area contributed by atoms with Crippen LogP contribution >= 0.6 is 11.6 Å². The molecular weight excluding hydrogens is 348 g/mol. The number of halogens is 1. The zero-order valence-electron chi connectivity index (χ0n) is 13.5. The first-order valence-electron chi connectivity index (χ1n) is 7.53. The van der Waals surface area contributed by atoms with E-state index in [2.05, 4.69) is 0 Å². The number of esters is 1. The molecule has 8 heteroatoms. The lowest BCUT2D eigenvalue weighted by molar-refractivity contribution is -0.385. The first kappa shape index (κ1) is 18.7. The number of ether oxygens (including phenoxy) is 2. The number of benzene rings is 2. The topological polar surface area (TPSA) is 105 Å². The number of hydrogen-bond acceptors (Lipinski definition) is 6. The van der Waals surface area contributed by atoms with Gasteiger partial charge in [0.2, 0.25) is 5.75 Å². The average molecular weight is 365 g/mol. The zero-order chi connectivity index (χ0) is 18.4. The molecule has 0 heterocycles. The summed E-state index contributed by atoms with van der Waals surface area (Å²) in [6, 6.07) is 10.0. The van der Waals surface area contributed by atoms with Crippen molar-refractivity contribution in [3.63, 3.8) is 0 Å². The van der Waals surface area contributed by atoms with Gasteiger partial charge < -0.3 is 15.2 Å². The van der Waals surface area contributed by atoms with Crippen molar-refractivity contribution in [3.05, 3.63) is 63.2 Å². The molecule has 0 saturated heterocycles.